The van der Waals surface area contributed by atoms with Crippen LogP contribution in [0, 0.1) is 5.92 Å². The van der Waals surface area contributed by atoms with Crippen LogP contribution in [0.3, 0.4) is 0 Å². The lowest BCUT2D eigenvalue weighted by molar-refractivity contribution is -0.138. The standard InChI is InChI=1S/C13H16O4/c1-3-17-12-6-8(4-5-11(12)16-2)9-7-10(9)13(14)15/h4-6,9-10H,3,7H2,1-2H3,(H,14,15)/t9-,10+/m0/s1. The molecule has 4 heteroatoms. The number of carboxylic acids is 1. The molecule has 17 heavy (non-hydrogen) atoms. The van der Waals surface area contributed by atoms with Crippen LogP contribution in [0.4, 0.5) is 0 Å². The number of methoxy groups -OCH3 is 1. The molecule has 92 valence electrons. The second-order valence-electron chi connectivity index (χ2n) is 4.13. The molecule has 0 aliphatic heterocycles. The van der Waals surface area contributed by atoms with Crippen molar-refractivity contribution in [3.63, 3.8) is 0 Å². The Bertz CT molecular complexity index is 427. The molecule has 0 aromatic heterocycles. The van der Waals surface area contributed by atoms with Gasteiger partial charge in [0.05, 0.1) is 19.6 Å². The van der Waals surface area contributed by atoms with E-state index in [1.54, 1.807) is 7.11 Å². The Morgan fingerprint density at radius 1 is 1.47 bits per heavy atom. The van der Waals surface area contributed by atoms with Crippen molar-refractivity contribution < 1.29 is 19.4 Å². The second kappa shape index (κ2) is 4.65. The van der Waals surface area contributed by atoms with E-state index in [0.29, 0.717) is 24.5 Å². The quantitative estimate of drug-likeness (QED) is 0.852. The third-order valence-corrected chi connectivity index (χ3v) is 3.02. The molecule has 1 fully saturated rings. The molecular formula is C13H16O4. The minimum absolute atomic E-state index is 0.123. The van der Waals surface area contributed by atoms with Crippen LogP contribution in [-0.2, 0) is 4.79 Å². The third-order valence-electron chi connectivity index (χ3n) is 3.02. The summed E-state index contributed by atoms with van der Waals surface area (Å²) in [6.45, 7) is 2.47. The molecule has 1 aromatic rings. The zero-order chi connectivity index (χ0) is 12.4. The maximum atomic E-state index is 10.8. The molecule has 0 heterocycles. The summed E-state index contributed by atoms with van der Waals surface area (Å²) in [5.74, 6) is 0.533. The number of rotatable bonds is 5. The molecule has 1 saturated carbocycles. The molecule has 2 rings (SSSR count). The molecule has 1 aromatic carbocycles. The van der Waals surface area contributed by atoms with Crippen LogP contribution in [-0.4, -0.2) is 24.8 Å². The van der Waals surface area contributed by atoms with Crippen molar-refractivity contribution in [3.05, 3.63) is 23.8 Å². The van der Waals surface area contributed by atoms with E-state index >= 15 is 0 Å². The predicted molar refractivity (Wildman–Crippen MR) is 62.6 cm³/mol. The summed E-state index contributed by atoms with van der Waals surface area (Å²) in [5, 5.41) is 8.90. The van der Waals surface area contributed by atoms with Gasteiger partial charge >= 0.3 is 5.97 Å². The molecule has 0 radical (unpaired) electrons. The third kappa shape index (κ3) is 2.35. The van der Waals surface area contributed by atoms with Crippen molar-refractivity contribution in [2.75, 3.05) is 13.7 Å². The van der Waals surface area contributed by atoms with E-state index in [2.05, 4.69) is 0 Å². The van der Waals surface area contributed by atoms with Gasteiger partial charge < -0.3 is 14.6 Å². The molecule has 2 atom stereocenters. The Morgan fingerprint density at radius 2 is 2.24 bits per heavy atom. The van der Waals surface area contributed by atoms with Crippen LogP contribution in [0.25, 0.3) is 0 Å². The van der Waals surface area contributed by atoms with Gasteiger partial charge in [0, 0.05) is 0 Å². The van der Waals surface area contributed by atoms with Gasteiger partial charge in [-0.15, -0.1) is 0 Å². The van der Waals surface area contributed by atoms with Crippen LogP contribution in [0.5, 0.6) is 11.5 Å². The molecule has 1 N–H and O–H groups in total. The first-order chi connectivity index (χ1) is 8.17. The van der Waals surface area contributed by atoms with E-state index in [9.17, 15) is 4.79 Å². The zero-order valence-electron chi connectivity index (χ0n) is 9.97. The SMILES string of the molecule is CCOc1cc([C@@H]2C[C@H]2C(=O)O)ccc1OC. The lowest BCUT2D eigenvalue weighted by atomic mass is 10.1. The van der Waals surface area contributed by atoms with Gasteiger partial charge in [0.1, 0.15) is 0 Å². The Balaban J connectivity index is 2.20. The number of hydrogen-bond acceptors (Lipinski definition) is 3. The van der Waals surface area contributed by atoms with Crippen LogP contribution in [0.1, 0.15) is 24.8 Å². The Hall–Kier alpha value is -1.71. The van der Waals surface area contributed by atoms with Gasteiger partial charge in [0.15, 0.2) is 11.5 Å². The molecule has 0 saturated heterocycles. The normalized spacial score (nSPS) is 22.0. The number of hydrogen-bond donors (Lipinski definition) is 1. The van der Waals surface area contributed by atoms with Gasteiger partial charge in [-0.05, 0) is 37.0 Å². The van der Waals surface area contributed by atoms with E-state index in [-0.39, 0.29) is 11.8 Å². The topological polar surface area (TPSA) is 55.8 Å². The van der Waals surface area contributed by atoms with E-state index in [0.717, 1.165) is 5.56 Å². The Morgan fingerprint density at radius 3 is 2.76 bits per heavy atom. The largest absolute Gasteiger partial charge is 0.493 e. The van der Waals surface area contributed by atoms with Gasteiger partial charge in [-0.25, -0.2) is 0 Å². The molecule has 0 unspecified atom stereocenters. The fraction of sp³-hybridized carbons (Fsp3) is 0.462. The number of ether oxygens (including phenoxy) is 2. The first-order valence-electron chi connectivity index (χ1n) is 5.71. The van der Waals surface area contributed by atoms with E-state index in [4.69, 9.17) is 14.6 Å². The van der Waals surface area contributed by atoms with Crippen molar-refractivity contribution in [3.8, 4) is 11.5 Å². The number of carboxylic acid groups (broad SMARTS) is 1. The van der Waals surface area contributed by atoms with Gasteiger partial charge in [0.2, 0.25) is 0 Å². The molecule has 4 nitrogen and oxygen atoms in total. The highest BCUT2D eigenvalue weighted by molar-refractivity contribution is 5.75. The van der Waals surface area contributed by atoms with Crippen molar-refractivity contribution in [2.45, 2.75) is 19.3 Å². The minimum Gasteiger partial charge on any atom is -0.493 e. The highest BCUT2D eigenvalue weighted by Gasteiger charge is 2.44. The summed E-state index contributed by atoms with van der Waals surface area (Å²) in [4.78, 5) is 10.8. The van der Waals surface area contributed by atoms with Crippen molar-refractivity contribution in [1.29, 1.82) is 0 Å². The van der Waals surface area contributed by atoms with Crippen LogP contribution in [0.15, 0.2) is 18.2 Å². The zero-order valence-corrected chi connectivity index (χ0v) is 9.97. The average molecular weight is 236 g/mol. The average Bonchev–Trinajstić information content (AvgIpc) is 3.09. The molecule has 1 aliphatic carbocycles. The van der Waals surface area contributed by atoms with Crippen molar-refractivity contribution in [1.82, 2.24) is 0 Å². The fourth-order valence-corrected chi connectivity index (χ4v) is 2.03. The fourth-order valence-electron chi connectivity index (χ4n) is 2.03. The van der Waals surface area contributed by atoms with Crippen molar-refractivity contribution in [2.24, 2.45) is 5.92 Å². The summed E-state index contributed by atoms with van der Waals surface area (Å²) in [6, 6.07) is 5.63. The van der Waals surface area contributed by atoms with Gasteiger partial charge in [-0.1, -0.05) is 6.07 Å². The number of benzene rings is 1. The highest BCUT2D eigenvalue weighted by Crippen LogP contribution is 2.49. The maximum Gasteiger partial charge on any atom is 0.307 e. The molecule has 0 bridgehead atoms. The van der Waals surface area contributed by atoms with Gasteiger partial charge in [-0.3, -0.25) is 4.79 Å². The minimum atomic E-state index is -0.719. The Labute approximate surface area is 100 Å². The lowest BCUT2D eigenvalue weighted by Gasteiger charge is -2.10. The first kappa shape index (κ1) is 11.8. The summed E-state index contributed by atoms with van der Waals surface area (Å²) in [7, 11) is 1.59. The molecule has 1 aliphatic rings. The maximum absolute atomic E-state index is 10.8. The molecule has 0 amide bonds. The smallest absolute Gasteiger partial charge is 0.307 e. The van der Waals surface area contributed by atoms with Gasteiger partial charge in [0.25, 0.3) is 0 Å². The second-order valence-corrected chi connectivity index (χ2v) is 4.13. The van der Waals surface area contributed by atoms with E-state index < -0.39 is 5.97 Å². The summed E-state index contributed by atoms with van der Waals surface area (Å²) in [5.41, 5.74) is 1.02. The van der Waals surface area contributed by atoms with Gasteiger partial charge in [-0.2, -0.15) is 0 Å². The highest BCUT2D eigenvalue weighted by atomic mass is 16.5. The molecular weight excluding hydrogens is 220 g/mol. The number of carbonyl (C=O) groups is 1. The van der Waals surface area contributed by atoms with E-state index in [1.807, 2.05) is 25.1 Å². The summed E-state index contributed by atoms with van der Waals surface area (Å²) >= 11 is 0. The summed E-state index contributed by atoms with van der Waals surface area (Å²) < 4.78 is 10.7. The summed E-state index contributed by atoms with van der Waals surface area (Å²) in [6.07, 6.45) is 0.716. The monoisotopic (exact) mass is 236 g/mol. The Kier molecular flexibility index (Phi) is 3.22. The lowest BCUT2D eigenvalue weighted by Crippen LogP contribution is -2.00. The molecule has 0 spiro atoms. The van der Waals surface area contributed by atoms with Crippen LogP contribution >= 0.6 is 0 Å². The van der Waals surface area contributed by atoms with E-state index in [1.165, 1.54) is 0 Å². The first-order valence-corrected chi connectivity index (χ1v) is 5.71. The number of aliphatic carboxylic acids is 1. The van der Waals surface area contributed by atoms with Crippen LogP contribution in [0.2, 0.25) is 0 Å². The predicted octanol–water partition coefficient (Wildman–Crippen LogP) is 2.28. The van der Waals surface area contributed by atoms with Crippen LogP contribution < -0.4 is 9.47 Å². The van der Waals surface area contributed by atoms with Crippen molar-refractivity contribution >= 4 is 5.97 Å².